The van der Waals surface area contributed by atoms with Crippen LogP contribution in [0.4, 0.5) is 0 Å². The van der Waals surface area contributed by atoms with Crippen LogP contribution in [-0.2, 0) is 16.6 Å². The van der Waals surface area contributed by atoms with Gasteiger partial charge in [0.25, 0.3) is 0 Å². The summed E-state index contributed by atoms with van der Waals surface area (Å²) in [5.41, 5.74) is 0. The molecule has 0 bridgehead atoms. The average Bonchev–Trinajstić information content (AvgIpc) is 2.98. The normalized spacial score (nSPS) is 17.2. The van der Waals surface area contributed by atoms with Gasteiger partial charge in [0.1, 0.15) is 6.10 Å². The molecule has 0 aromatic carbocycles. The number of nitrogens with one attached hydrogen (secondary N) is 1. The Labute approximate surface area is 126 Å². The predicted molar refractivity (Wildman–Crippen MR) is 81.5 cm³/mol. The van der Waals surface area contributed by atoms with E-state index in [1.54, 1.807) is 0 Å². The largest absolute Gasteiger partial charge is 0.382 e. The lowest BCUT2D eigenvalue weighted by Crippen LogP contribution is -2.26. The van der Waals surface area contributed by atoms with Crippen molar-refractivity contribution in [3.63, 3.8) is 0 Å². The molecule has 1 aliphatic rings. The first-order valence-corrected chi connectivity index (χ1v) is 9.59. The topological polar surface area (TPSA) is 66.4 Å². The fourth-order valence-corrected chi connectivity index (χ4v) is 5.09. The van der Waals surface area contributed by atoms with Gasteiger partial charge in [0.05, 0.1) is 5.25 Å². The highest BCUT2D eigenvalue weighted by Crippen LogP contribution is 2.31. The van der Waals surface area contributed by atoms with Crippen LogP contribution >= 0.6 is 22.7 Å². The lowest BCUT2D eigenvalue weighted by molar-refractivity contribution is 0.228. The Hall–Kier alpha value is -0.730. The van der Waals surface area contributed by atoms with Crippen molar-refractivity contribution >= 4 is 32.7 Å². The monoisotopic (exact) mass is 329 g/mol. The smallest absolute Gasteiger partial charge is 0.214 e. The summed E-state index contributed by atoms with van der Waals surface area (Å²) in [4.78, 5) is 2.66. The van der Waals surface area contributed by atoms with Gasteiger partial charge in [-0.15, -0.1) is 22.7 Å². The standard InChI is InChI=1S/C13H15NO3S3/c15-13(11-2-1-7-18-11)12-6-3-9(19-12)8-14-20(16,17)10-4-5-10/h1-3,6-7,10,13-15H,4-5,8H2. The van der Waals surface area contributed by atoms with Crippen molar-refractivity contribution in [2.45, 2.75) is 30.7 Å². The van der Waals surface area contributed by atoms with Gasteiger partial charge in [-0.25, -0.2) is 13.1 Å². The third-order valence-electron chi connectivity index (χ3n) is 3.18. The van der Waals surface area contributed by atoms with Gasteiger partial charge in [-0.1, -0.05) is 6.07 Å². The number of rotatable bonds is 6. The van der Waals surface area contributed by atoms with Crippen LogP contribution in [0.25, 0.3) is 0 Å². The highest BCUT2D eigenvalue weighted by molar-refractivity contribution is 7.90. The van der Waals surface area contributed by atoms with Crippen LogP contribution in [0.1, 0.15) is 33.6 Å². The van der Waals surface area contributed by atoms with E-state index in [-0.39, 0.29) is 5.25 Å². The van der Waals surface area contributed by atoms with Crippen LogP contribution in [0.5, 0.6) is 0 Å². The zero-order valence-electron chi connectivity index (χ0n) is 10.7. The van der Waals surface area contributed by atoms with Crippen molar-refractivity contribution in [2.75, 3.05) is 0 Å². The van der Waals surface area contributed by atoms with Crippen molar-refractivity contribution in [3.05, 3.63) is 44.3 Å². The molecule has 0 radical (unpaired) electrons. The Morgan fingerprint density at radius 3 is 2.75 bits per heavy atom. The van der Waals surface area contributed by atoms with E-state index in [9.17, 15) is 13.5 Å². The second kappa shape index (κ2) is 5.57. The van der Waals surface area contributed by atoms with Crippen LogP contribution in [0, 0.1) is 0 Å². The van der Waals surface area contributed by atoms with Crippen molar-refractivity contribution in [3.8, 4) is 0 Å². The molecule has 2 aromatic heterocycles. The molecule has 0 saturated heterocycles. The third kappa shape index (κ3) is 3.12. The van der Waals surface area contributed by atoms with Gasteiger partial charge in [0.15, 0.2) is 0 Å². The van der Waals surface area contributed by atoms with E-state index < -0.39 is 16.1 Å². The van der Waals surface area contributed by atoms with Gasteiger partial charge in [0.2, 0.25) is 10.0 Å². The Balaban J connectivity index is 1.65. The molecule has 20 heavy (non-hydrogen) atoms. The third-order valence-corrected chi connectivity index (χ3v) is 7.13. The Kier molecular flexibility index (Phi) is 3.96. The summed E-state index contributed by atoms with van der Waals surface area (Å²) in [5, 5.41) is 11.9. The van der Waals surface area contributed by atoms with E-state index in [1.807, 2.05) is 29.6 Å². The molecule has 1 saturated carbocycles. The first kappa shape index (κ1) is 14.2. The number of sulfonamides is 1. The Morgan fingerprint density at radius 1 is 1.30 bits per heavy atom. The minimum Gasteiger partial charge on any atom is -0.382 e. The van der Waals surface area contributed by atoms with E-state index >= 15 is 0 Å². The molecule has 1 fully saturated rings. The molecule has 1 aliphatic carbocycles. The van der Waals surface area contributed by atoms with Crippen molar-refractivity contribution in [1.29, 1.82) is 0 Å². The number of thiophene rings is 2. The molecule has 2 aromatic rings. The van der Waals surface area contributed by atoms with Crippen LogP contribution in [0.2, 0.25) is 0 Å². The van der Waals surface area contributed by atoms with Crippen molar-refractivity contribution < 1.29 is 13.5 Å². The maximum atomic E-state index is 11.7. The summed E-state index contributed by atoms with van der Waals surface area (Å²) in [6.07, 6.45) is 0.915. The van der Waals surface area contributed by atoms with E-state index in [0.717, 1.165) is 27.5 Å². The van der Waals surface area contributed by atoms with E-state index in [1.165, 1.54) is 22.7 Å². The minimum absolute atomic E-state index is 0.196. The zero-order valence-corrected chi connectivity index (χ0v) is 13.1. The molecule has 108 valence electrons. The lowest BCUT2D eigenvalue weighted by atomic mass is 10.2. The van der Waals surface area contributed by atoms with Gasteiger partial charge in [-0.2, -0.15) is 0 Å². The zero-order chi connectivity index (χ0) is 14.2. The van der Waals surface area contributed by atoms with E-state index in [0.29, 0.717) is 6.54 Å². The maximum absolute atomic E-state index is 11.7. The van der Waals surface area contributed by atoms with E-state index in [4.69, 9.17) is 0 Å². The maximum Gasteiger partial charge on any atom is 0.214 e. The van der Waals surface area contributed by atoms with Gasteiger partial charge in [-0.3, -0.25) is 0 Å². The fourth-order valence-electron chi connectivity index (χ4n) is 1.89. The molecule has 0 amide bonds. The second-order valence-corrected chi connectivity index (χ2v) is 9.01. The summed E-state index contributed by atoms with van der Waals surface area (Å²) >= 11 is 2.95. The van der Waals surface area contributed by atoms with Crippen LogP contribution in [0.15, 0.2) is 29.6 Å². The molecule has 1 atom stereocenters. The molecule has 0 aliphatic heterocycles. The summed E-state index contributed by atoms with van der Waals surface area (Å²) in [7, 11) is -3.14. The number of hydrogen-bond acceptors (Lipinski definition) is 5. The molecule has 7 heteroatoms. The summed E-state index contributed by atoms with van der Waals surface area (Å²) in [5.74, 6) is 0. The first-order chi connectivity index (χ1) is 9.56. The molecular weight excluding hydrogens is 314 g/mol. The van der Waals surface area contributed by atoms with Crippen molar-refractivity contribution in [2.24, 2.45) is 0 Å². The predicted octanol–water partition coefficient (Wildman–Crippen LogP) is 2.47. The number of aliphatic hydroxyl groups excluding tert-OH is 1. The minimum atomic E-state index is -3.14. The molecule has 1 unspecified atom stereocenters. The summed E-state index contributed by atoms with van der Waals surface area (Å²) < 4.78 is 26.1. The molecular formula is C13H15NO3S3. The Morgan fingerprint density at radius 2 is 2.10 bits per heavy atom. The van der Waals surface area contributed by atoms with Crippen LogP contribution in [0.3, 0.4) is 0 Å². The van der Waals surface area contributed by atoms with Gasteiger partial charge in [-0.05, 0) is 36.4 Å². The van der Waals surface area contributed by atoms with Gasteiger partial charge in [0, 0.05) is 21.2 Å². The van der Waals surface area contributed by atoms with Gasteiger partial charge < -0.3 is 5.11 Å². The van der Waals surface area contributed by atoms with Crippen molar-refractivity contribution in [1.82, 2.24) is 4.72 Å². The fraction of sp³-hybridized carbons (Fsp3) is 0.385. The first-order valence-electron chi connectivity index (χ1n) is 6.35. The molecule has 0 spiro atoms. The van der Waals surface area contributed by atoms with Crippen LogP contribution in [-0.4, -0.2) is 18.8 Å². The van der Waals surface area contributed by atoms with Gasteiger partial charge >= 0.3 is 0 Å². The highest BCUT2D eigenvalue weighted by atomic mass is 32.2. The average molecular weight is 329 g/mol. The van der Waals surface area contributed by atoms with Crippen LogP contribution < -0.4 is 4.72 Å². The summed E-state index contributed by atoms with van der Waals surface area (Å²) in [6, 6.07) is 7.52. The number of aliphatic hydroxyl groups is 1. The second-order valence-electron chi connectivity index (χ2n) is 4.79. The highest BCUT2D eigenvalue weighted by Gasteiger charge is 2.35. The molecule has 3 rings (SSSR count). The molecule has 2 heterocycles. The lowest BCUT2D eigenvalue weighted by Gasteiger charge is -2.05. The van der Waals surface area contributed by atoms with E-state index in [2.05, 4.69) is 4.72 Å². The quantitative estimate of drug-likeness (QED) is 0.855. The molecule has 2 N–H and O–H groups in total. The SMILES string of the molecule is O=S(=O)(NCc1ccc(C(O)c2cccs2)s1)C1CC1. The summed E-state index contributed by atoms with van der Waals surface area (Å²) in [6.45, 7) is 0.306. The number of hydrogen-bond donors (Lipinski definition) is 2. The Bertz CT molecular complexity index is 672. The molecule has 4 nitrogen and oxygen atoms in total.